The van der Waals surface area contributed by atoms with Crippen LogP contribution in [-0.2, 0) is 4.74 Å². The molecule has 1 atom stereocenters. The molecule has 48 valence electrons. The number of alkyl halides is 2. The average Bonchev–Trinajstić information content (AvgIpc) is 1.86. The Morgan fingerprint density at radius 1 is 1.62 bits per heavy atom. The van der Waals surface area contributed by atoms with E-state index >= 15 is 0 Å². The minimum Gasteiger partial charge on any atom is -0.372 e. The smallest absolute Gasteiger partial charge is 0.275 e. The van der Waals surface area contributed by atoms with Crippen molar-refractivity contribution < 1.29 is 13.5 Å². The van der Waals surface area contributed by atoms with E-state index in [1.165, 1.54) is 6.92 Å². The van der Waals surface area contributed by atoms with Crippen LogP contribution in [0.4, 0.5) is 8.78 Å². The molecule has 0 N–H and O–H groups in total. The van der Waals surface area contributed by atoms with Crippen LogP contribution >= 0.6 is 0 Å². The molecule has 0 spiro atoms. The van der Waals surface area contributed by atoms with Gasteiger partial charge in [-0.15, -0.1) is 0 Å². The molecule has 1 aliphatic rings. The fourth-order valence-corrected chi connectivity index (χ4v) is 0.697. The van der Waals surface area contributed by atoms with Gasteiger partial charge in [0.2, 0.25) is 0 Å². The van der Waals surface area contributed by atoms with Crippen molar-refractivity contribution in [1.29, 1.82) is 0 Å². The third-order valence-corrected chi connectivity index (χ3v) is 1.40. The van der Waals surface area contributed by atoms with Crippen LogP contribution in [0, 0.1) is 0 Å². The molecular weight excluding hydrogens is 114 g/mol. The lowest BCUT2D eigenvalue weighted by Gasteiger charge is -2.10. The fraction of sp³-hybridized carbons (Fsp3) is 1.00. The van der Waals surface area contributed by atoms with E-state index in [0.29, 0.717) is 0 Å². The summed E-state index contributed by atoms with van der Waals surface area (Å²) in [6.07, 6.45) is -0.990. The molecule has 1 nitrogen and oxygen atoms in total. The summed E-state index contributed by atoms with van der Waals surface area (Å²) in [5.41, 5.74) is 0. The second kappa shape index (κ2) is 1.65. The van der Waals surface area contributed by atoms with Gasteiger partial charge in [-0.1, -0.05) is 0 Å². The molecule has 3 heteroatoms. The van der Waals surface area contributed by atoms with E-state index in [9.17, 15) is 8.78 Å². The summed E-state index contributed by atoms with van der Waals surface area (Å²) >= 11 is 0. The van der Waals surface area contributed by atoms with Crippen molar-refractivity contribution in [1.82, 2.24) is 0 Å². The summed E-state index contributed by atoms with van der Waals surface area (Å²) in [5, 5.41) is 0. The van der Waals surface area contributed by atoms with Gasteiger partial charge in [0, 0.05) is 6.42 Å². The molecule has 1 rings (SSSR count). The minimum atomic E-state index is -2.57. The number of ether oxygens (including phenoxy) is 1. The average molecular weight is 122 g/mol. The molecule has 1 aliphatic heterocycles. The normalized spacial score (nSPS) is 35.6. The first-order chi connectivity index (χ1) is 3.63. The van der Waals surface area contributed by atoms with E-state index in [1.807, 2.05) is 0 Å². The SMILES string of the molecule is C[C@@H]1OCCC1(F)F. The van der Waals surface area contributed by atoms with Gasteiger partial charge in [-0.2, -0.15) is 0 Å². The molecule has 1 heterocycles. The maximum atomic E-state index is 12.2. The quantitative estimate of drug-likeness (QED) is 0.472. The van der Waals surface area contributed by atoms with Gasteiger partial charge in [-0.05, 0) is 6.92 Å². The highest BCUT2D eigenvalue weighted by Gasteiger charge is 2.41. The van der Waals surface area contributed by atoms with E-state index in [0.717, 1.165) is 0 Å². The molecule has 8 heavy (non-hydrogen) atoms. The van der Waals surface area contributed by atoms with Gasteiger partial charge in [-0.3, -0.25) is 0 Å². The zero-order chi connectivity index (χ0) is 6.20. The van der Waals surface area contributed by atoms with Crippen LogP contribution in [0.1, 0.15) is 13.3 Å². The Balaban J connectivity index is 2.54. The summed E-state index contributed by atoms with van der Waals surface area (Å²) in [5.74, 6) is -2.57. The number of rotatable bonds is 0. The van der Waals surface area contributed by atoms with Crippen LogP contribution in [0.5, 0.6) is 0 Å². The second-order valence-corrected chi connectivity index (χ2v) is 2.02. The third kappa shape index (κ3) is 0.823. The maximum absolute atomic E-state index is 12.2. The van der Waals surface area contributed by atoms with Crippen molar-refractivity contribution in [3.63, 3.8) is 0 Å². The van der Waals surface area contributed by atoms with Gasteiger partial charge in [0.1, 0.15) is 6.10 Å². The first kappa shape index (κ1) is 5.95. The Morgan fingerprint density at radius 3 is 2.38 bits per heavy atom. The first-order valence-electron chi connectivity index (χ1n) is 2.62. The van der Waals surface area contributed by atoms with Crippen LogP contribution in [0.2, 0.25) is 0 Å². The summed E-state index contributed by atoms with van der Waals surface area (Å²) in [7, 11) is 0. The predicted octanol–water partition coefficient (Wildman–Crippen LogP) is 1.43. The number of hydrogen-bond donors (Lipinski definition) is 0. The summed E-state index contributed by atoms with van der Waals surface area (Å²) < 4.78 is 29.0. The Hall–Kier alpha value is -0.180. The minimum absolute atomic E-state index is 0.117. The zero-order valence-corrected chi connectivity index (χ0v) is 4.66. The number of halogens is 2. The standard InChI is InChI=1S/C5H8F2O/c1-4-5(6,7)2-3-8-4/h4H,2-3H2,1H3/t4-/m0/s1. The molecule has 0 saturated carbocycles. The van der Waals surface area contributed by atoms with Gasteiger partial charge in [-0.25, -0.2) is 8.78 Å². The Morgan fingerprint density at radius 2 is 2.25 bits per heavy atom. The molecule has 0 aromatic rings. The van der Waals surface area contributed by atoms with Gasteiger partial charge in [0.05, 0.1) is 6.61 Å². The molecule has 0 aromatic carbocycles. The maximum Gasteiger partial charge on any atom is 0.275 e. The lowest BCUT2D eigenvalue weighted by molar-refractivity contribution is -0.0583. The Bertz CT molecular complexity index is 92.4. The Labute approximate surface area is 46.6 Å². The summed E-state index contributed by atoms with van der Waals surface area (Å²) in [4.78, 5) is 0. The summed E-state index contributed by atoms with van der Waals surface area (Å²) in [6.45, 7) is 1.60. The molecule has 0 aromatic heterocycles. The van der Waals surface area contributed by atoms with E-state index in [1.54, 1.807) is 0 Å². The molecule has 1 saturated heterocycles. The van der Waals surface area contributed by atoms with Crippen molar-refractivity contribution >= 4 is 0 Å². The molecule has 1 fully saturated rings. The highest BCUT2D eigenvalue weighted by molar-refractivity contribution is 4.79. The third-order valence-electron chi connectivity index (χ3n) is 1.40. The van der Waals surface area contributed by atoms with Crippen molar-refractivity contribution in [2.24, 2.45) is 0 Å². The van der Waals surface area contributed by atoms with Gasteiger partial charge >= 0.3 is 0 Å². The van der Waals surface area contributed by atoms with E-state index < -0.39 is 12.0 Å². The molecule has 0 aliphatic carbocycles. The van der Waals surface area contributed by atoms with Gasteiger partial charge in [0.25, 0.3) is 5.92 Å². The van der Waals surface area contributed by atoms with Crippen LogP contribution in [0.3, 0.4) is 0 Å². The largest absolute Gasteiger partial charge is 0.372 e. The first-order valence-corrected chi connectivity index (χ1v) is 2.62. The van der Waals surface area contributed by atoms with Gasteiger partial charge in [0.15, 0.2) is 0 Å². The van der Waals surface area contributed by atoms with E-state index in [4.69, 9.17) is 0 Å². The Kier molecular flexibility index (Phi) is 1.23. The summed E-state index contributed by atoms with van der Waals surface area (Å²) in [6, 6.07) is 0. The van der Waals surface area contributed by atoms with Crippen molar-refractivity contribution in [2.45, 2.75) is 25.4 Å². The van der Waals surface area contributed by atoms with Gasteiger partial charge < -0.3 is 4.74 Å². The van der Waals surface area contributed by atoms with Crippen LogP contribution in [0.15, 0.2) is 0 Å². The van der Waals surface area contributed by atoms with E-state index in [-0.39, 0.29) is 13.0 Å². The molecule has 0 amide bonds. The van der Waals surface area contributed by atoms with Crippen LogP contribution in [0.25, 0.3) is 0 Å². The topological polar surface area (TPSA) is 9.23 Å². The second-order valence-electron chi connectivity index (χ2n) is 2.02. The predicted molar refractivity (Wildman–Crippen MR) is 25.0 cm³/mol. The van der Waals surface area contributed by atoms with E-state index in [2.05, 4.69) is 4.74 Å². The molecule has 0 radical (unpaired) electrons. The number of hydrogen-bond acceptors (Lipinski definition) is 1. The lowest BCUT2D eigenvalue weighted by Crippen LogP contribution is -2.24. The highest BCUT2D eigenvalue weighted by atomic mass is 19.3. The zero-order valence-electron chi connectivity index (χ0n) is 4.66. The van der Waals surface area contributed by atoms with Crippen LogP contribution < -0.4 is 0 Å². The van der Waals surface area contributed by atoms with Crippen molar-refractivity contribution in [3.8, 4) is 0 Å². The molecular formula is C5H8F2O. The monoisotopic (exact) mass is 122 g/mol. The molecule has 0 unspecified atom stereocenters. The lowest BCUT2D eigenvalue weighted by atomic mass is 10.2. The van der Waals surface area contributed by atoms with Crippen molar-refractivity contribution in [2.75, 3.05) is 6.61 Å². The highest BCUT2D eigenvalue weighted by Crippen LogP contribution is 2.30. The fourth-order valence-electron chi connectivity index (χ4n) is 0.697. The van der Waals surface area contributed by atoms with Crippen molar-refractivity contribution in [3.05, 3.63) is 0 Å². The van der Waals surface area contributed by atoms with Crippen LogP contribution in [-0.4, -0.2) is 18.6 Å². The molecule has 0 bridgehead atoms.